The van der Waals surface area contributed by atoms with Crippen LogP contribution < -0.4 is 0 Å². The van der Waals surface area contributed by atoms with E-state index in [1.165, 1.54) is 12.7 Å². The number of pyridine rings is 1. The molecule has 0 aliphatic carbocycles. The summed E-state index contributed by atoms with van der Waals surface area (Å²) >= 11 is 0. The van der Waals surface area contributed by atoms with Crippen molar-refractivity contribution in [2.75, 3.05) is 20.7 Å². The average Bonchev–Trinajstić information content (AvgIpc) is 2.69. The van der Waals surface area contributed by atoms with Gasteiger partial charge >= 0.3 is 5.97 Å². The van der Waals surface area contributed by atoms with Gasteiger partial charge < -0.3 is 9.14 Å². The number of nitrogens with zero attached hydrogens (tertiary/aromatic N) is 3. The van der Waals surface area contributed by atoms with Crippen LogP contribution in [0.25, 0.3) is 5.65 Å². The number of carbonyl (C=O) groups is 1. The van der Waals surface area contributed by atoms with Gasteiger partial charge in [0.1, 0.15) is 5.65 Å². The lowest BCUT2D eigenvalue weighted by Crippen LogP contribution is -2.26. The van der Waals surface area contributed by atoms with Crippen LogP contribution in [0.1, 0.15) is 11.3 Å². The first-order valence-corrected chi connectivity index (χ1v) is 5.78. The first kappa shape index (κ1) is 12.6. The van der Waals surface area contributed by atoms with Gasteiger partial charge in [0.15, 0.2) is 0 Å². The predicted octanol–water partition coefficient (Wildman–Crippen LogP) is 1.25. The molecular formula is C13H17N3O2. The number of esters is 1. The molecule has 5 nitrogen and oxygen atoms in total. The van der Waals surface area contributed by atoms with Crippen molar-refractivity contribution in [3.05, 3.63) is 35.8 Å². The Bertz CT molecular complexity index is 562. The smallest absolute Gasteiger partial charge is 0.319 e. The number of fused-ring (bicyclic) bond motifs is 1. The molecule has 0 saturated heterocycles. The summed E-state index contributed by atoms with van der Waals surface area (Å²) in [5.41, 5.74) is 3.04. The molecule has 2 aromatic rings. The van der Waals surface area contributed by atoms with Gasteiger partial charge in [-0.25, -0.2) is 4.98 Å². The number of likely N-dealkylation sites (N-methyl/N-ethyl adjacent to an activating group) is 1. The third kappa shape index (κ3) is 2.87. The van der Waals surface area contributed by atoms with E-state index in [0.29, 0.717) is 6.54 Å². The van der Waals surface area contributed by atoms with Crippen molar-refractivity contribution in [2.24, 2.45) is 0 Å². The Hall–Kier alpha value is -1.88. The number of hydrogen-bond donors (Lipinski definition) is 0. The maximum atomic E-state index is 11.1. The molecule has 0 radical (unpaired) electrons. The van der Waals surface area contributed by atoms with E-state index in [4.69, 9.17) is 0 Å². The molecule has 0 spiro atoms. The van der Waals surface area contributed by atoms with Crippen LogP contribution in [0.4, 0.5) is 0 Å². The van der Waals surface area contributed by atoms with E-state index < -0.39 is 0 Å². The molecular weight excluding hydrogens is 230 g/mol. The Morgan fingerprint density at radius 3 is 2.94 bits per heavy atom. The van der Waals surface area contributed by atoms with Crippen LogP contribution in [0.3, 0.4) is 0 Å². The highest BCUT2D eigenvalue weighted by atomic mass is 16.5. The number of aryl methyl sites for hydroxylation is 1. The molecule has 0 aliphatic rings. The van der Waals surface area contributed by atoms with Crippen molar-refractivity contribution < 1.29 is 9.53 Å². The predicted molar refractivity (Wildman–Crippen MR) is 68.3 cm³/mol. The first-order chi connectivity index (χ1) is 8.58. The van der Waals surface area contributed by atoms with Crippen LogP contribution in [0.2, 0.25) is 0 Å². The minimum Gasteiger partial charge on any atom is -0.468 e. The third-order valence-electron chi connectivity index (χ3n) is 2.71. The van der Waals surface area contributed by atoms with E-state index in [9.17, 15) is 4.79 Å². The zero-order chi connectivity index (χ0) is 13.1. The van der Waals surface area contributed by atoms with Crippen LogP contribution in [0.15, 0.2) is 24.5 Å². The molecule has 0 aliphatic heterocycles. The second-order valence-electron chi connectivity index (χ2n) is 4.45. The SMILES string of the molecule is COC(=O)CN(C)Cc1cn2cc(C)ccc2n1. The quantitative estimate of drug-likeness (QED) is 0.763. The first-order valence-electron chi connectivity index (χ1n) is 5.78. The van der Waals surface area contributed by atoms with Gasteiger partial charge in [-0.2, -0.15) is 0 Å². The van der Waals surface area contributed by atoms with E-state index in [0.717, 1.165) is 11.3 Å². The minimum atomic E-state index is -0.239. The number of hydrogen-bond acceptors (Lipinski definition) is 4. The maximum absolute atomic E-state index is 11.1. The Morgan fingerprint density at radius 1 is 1.44 bits per heavy atom. The van der Waals surface area contributed by atoms with E-state index in [-0.39, 0.29) is 12.5 Å². The summed E-state index contributed by atoms with van der Waals surface area (Å²) < 4.78 is 6.62. The zero-order valence-corrected chi connectivity index (χ0v) is 10.9. The van der Waals surface area contributed by atoms with Crippen LogP contribution in [0, 0.1) is 6.92 Å². The maximum Gasteiger partial charge on any atom is 0.319 e. The number of ether oxygens (including phenoxy) is 1. The summed E-state index contributed by atoms with van der Waals surface area (Å²) in [5.74, 6) is -0.239. The lowest BCUT2D eigenvalue weighted by atomic mass is 10.3. The summed E-state index contributed by atoms with van der Waals surface area (Å²) in [5, 5.41) is 0. The number of carbonyl (C=O) groups excluding carboxylic acids is 1. The van der Waals surface area contributed by atoms with Gasteiger partial charge in [-0.1, -0.05) is 6.07 Å². The fraction of sp³-hybridized carbons (Fsp3) is 0.385. The summed E-state index contributed by atoms with van der Waals surface area (Å²) in [7, 11) is 3.26. The molecule has 96 valence electrons. The van der Waals surface area contributed by atoms with Crippen LogP contribution in [-0.4, -0.2) is 41.0 Å². The molecule has 5 heteroatoms. The largest absolute Gasteiger partial charge is 0.468 e. The fourth-order valence-electron chi connectivity index (χ4n) is 1.85. The molecule has 18 heavy (non-hydrogen) atoms. The fourth-order valence-corrected chi connectivity index (χ4v) is 1.85. The van der Waals surface area contributed by atoms with E-state index in [2.05, 4.69) is 9.72 Å². The molecule has 0 amide bonds. The van der Waals surface area contributed by atoms with E-state index in [1.54, 1.807) is 0 Å². The lowest BCUT2D eigenvalue weighted by molar-refractivity contribution is -0.141. The zero-order valence-electron chi connectivity index (χ0n) is 10.9. The van der Waals surface area contributed by atoms with Crippen molar-refractivity contribution in [2.45, 2.75) is 13.5 Å². The number of aromatic nitrogens is 2. The van der Waals surface area contributed by atoms with Crippen LogP contribution in [-0.2, 0) is 16.1 Å². The van der Waals surface area contributed by atoms with Gasteiger partial charge in [0.2, 0.25) is 0 Å². The number of rotatable bonds is 4. The molecule has 0 aromatic carbocycles. The van der Waals surface area contributed by atoms with Crippen LogP contribution in [0.5, 0.6) is 0 Å². The lowest BCUT2D eigenvalue weighted by Gasteiger charge is -2.12. The molecule has 0 fully saturated rings. The number of methoxy groups -OCH3 is 1. The van der Waals surface area contributed by atoms with Crippen molar-refractivity contribution in [3.63, 3.8) is 0 Å². The van der Waals surface area contributed by atoms with Gasteiger partial charge in [-0.3, -0.25) is 9.69 Å². The van der Waals surface area contributed by atoms with E-state index in [1.807, 2.05) is 47.8 Å². The average molecular weight is 247 g/mol. The Labute approximate surface area is 106 Å². The molecule has 2 heterocycles. The van der Waals surface area contributed by atoms with Gasteiger partial charge in [-0.15, -0.1) is 0 Å². The molecule has 0 saturated carbocycles. The van der Waals surface area contributed by atoms with Crippen molar-refractivity contribution in [3.8, 4) is 0 Å². The molecule has 0 unspecified atom stereocenters. The summed E-state index contributed by atoms with van der Waals surface area (Å²) in [6.07, 6.45) is 4.02. The highest BCUT2D eigenvalue weighted by molar-refractivity contribution is 5.71. The third-order valence-corrected chi connectivity index (χ3v) is 2.71. The molecule has 0 N–H and O–H groups in total. The molecule has 2 aromatic heterocycles. The normalized spacial score (nSPS) is 11.1. The summed E-state index contributed by atoms with van der Waals surface area (Å²) in [6.45, 7) is 2.93. The highest BCUT2D eigenvalue weighted by Crippen LogP contribution is 2.08. The van der Waals surface area contributed by atoms with Gasteiger partial charge in [0.05, 0.1) is 19.3 Å². The number of imidazole rings is 1. The van der Waals surface area contributed by atoms with Crippen molar-refractivity contribution >= 4 is 11.6 Å². The topological polar surface area (TPSA) is 46.8 Å². The van der Waals surface area contributed by atoms with Gasteiger partial charge in [0, 0.05) is 18.9 Å². The van der Waals surface area contributed by atoms with Crippen LogP contribution >= 0.6 is 0 Å². The minimum absolute atomic E-state index is 0.239. The second kappa shape index (κ2) is 5.18. The van der Waals surface area contributed by atoms with Gasteiger partial charge in [0.25, 0.3) is 0 Å². The summed E-state index contributed by atoms with van der Waals surface area (Å²) in [4.78, 5) is 17.5. The Kier molecular flexibility index (Phi) is 3.62. The van der Waals surface area contributed by atoms with Crippen molar-refractivity contribution in [1.82, 2.24) is 14.3 Å². The van der Waals surface area contributed by atoms with Gasteiger partial charge in [-0.05, 0) is 25.6 Å². The highest BCUT2D eigenvalue weighted by Gasteiger charge is 2.09. The van der Waals surface area contributed by atoms with Crippen molar-refractivity contribution in [1.29, 1.82) is 0 Å². The molecule has 2 rings (SSSR count). The molecule has 0 atom stereocenters. The standard InChI is InChI=1S/C13H17N3O2/c1-10-4-5-12-14-11(8-16(12)6-10)7-15(2)9-13(17)18-3/h4-6,8H,7,9H2,1-3H3. The molecule has 0 bridgehead atoms. The van der Waals surface area contributed by atoms with E-state index >= 15 is 0 Å². The summed E-state index contributed by atoms with van der Waals surface area (Å²) in [6, 6.07) is 4.02. The second-order valence-corrected chi connectivity index (χ2v) is 4.45. The Balaban J connectivity index is 2.09. The monoisotopic (exact) mass is 247 g/mol. The Morgan fingerprint density at radius 2 is 2.22 bits per heavy atom.